The van der Waals surface area contributed by atoms with Crippen LogP contribution in [0.5, 0.6) is 0 Å². The fraction of sp³-hybridized carbons (Fsp3) is 0.474. The highest BCUT2D eigenvalue weighted by Gasteiger charge is 2.24. The van der Waals surface area contributed by atoms with Crippen LogP contribution in [-0.2, 0) is 4.79 Å². The summed E-state index contributed by atoms with van der Waals surface area (Å²) in [7, 11) is 3.93. The van der Waals surface area contributed by atoms with Crippen molar-refractivity contribution in [2.45, 2.75) is 38.6 Å². The number of anilines is 1. The number of nitriles is 1. The first-order chi connectivity index (χ1) is 11.4. The third-order valence-corrected chi connectivity index (χ3v) is 5.19. The summed E-state index contributed by atoms with van der Waals surface area (Å²) in [6, 6.07) is 8.00. The summed E-state index contributed by atoms with van der Waals surface area (Å²) in [6.45, 7) is 2.16. The van der Waals surface area contributed by atoms with Gasteiger partial charge in [0.1, 0.15) is 11.6 Å². The van der Waals surface area contributed by atoms with Gasteiger partial charge in [-0.05, 0) is 58.5 Å². The van der Waals surface area contributed by atoms with Gasteiger partial charge in [-0.3, -0.25) is 4.79 Å². The molecular weight excluding hydrogens is 366 g/mol. The van der Waals surface area contributed by atoms with Crippen molar-refractivity contribution < 1.29 is 4.79 Å². The molecule has 1 fully saturated rings. The van der Waals surface area contributed by atoms with Gasteiger partial charge in [0.15, 0.2) is 0 Å². The Labute approximate surface area is 152 Å². The average molecular weight is 390 g/mol. The van der Waals surface area contributed by atoms with E-state index in [0.717, 1.165) is 35.0 Å². The molecule has 1 aromatic rings. The second-order valence-electron chi connectivity index (χ2n) is 6.62. The molecule has 0 heterocycles. The zero-order valence-electron chi connectivity index (χ0n) is 14.5. The van der Waals surface area contributed by atoms with E-state index in [0.29, 0.717) is 5.92 Å². The molecule has 1 amide bonds. The number of halogens is 1. The first kappa shape index (κ1) is 18.5. The SMILES string of the molecule is CC1CCCCC1NC(=O)/C(C#N)=C/c1ccc(N(C)C)c(Br)c1. The molecule has 0 aliphatic heterocycles. The summed E-state index contributed by atoms with van der Waals surface area (Å²) in [4.78, 5) is 14.4. The Morgan fingerprint density at radius 2 is 2.08 bits per heavy atom. The Balaban J connectivity index is 2.15. The van der Waals surface area contributed by atoms with Crippen molar-refractivity contribution in [1.82, 2.24) is 5.32 Å². The highest BCUT2D eigenvalue weighted by molar-refractivity contribution is 9.10. The lowest BCUT2D eigenvalue weighted by Gasteiger charge is -2.29. The van der Waals surface area contributed by atoms with E-state index in [2.05, 4.69) is 28.2 Å². The fourth-order valence-electron chi connectivity index (χ4n) is 3.07. The lowest BCUT2D eigenvalue weighted by molar-refractivity contribution is -0.118. The standard InChI is InChI=1S/C19H24BrN3O/c1-13-6-4-5-7-17(13)22-19(24)15(12-21)10-14-8-9-18(23(2)3)16(20)11-14/h8-11,13,17H,4-7H2,1-3H3,(H,22,24)/b15-10+. The van der Waals surface area contributed by atoms with Crippen molar-refractivity contribution >= 4 is 33.6 Å². The summed E-state index contributed by atoms with van der Waals surface area (Å²) in [5.74, 6) is 0.195. The van der Waals surface area contributed by atoms with Crippen molar-refractivity contribution in [3.63, 3.8) is 0 Å². The van der Waals surface area contributed by atoms with Gasteiger partial charge >= 0.3 is 0 Å². The Bertz CT molecular complexity index is 676. The number of nitrogens with zero attached hydrogens (tertiary/aromatic N) is 2. The predicted octanol–water partition coefficient (Wildman–Crippen LogP) is 4.12. The van der Waals surface area contributed by atoms with E-state index in [1.54, 1.807) is 6.08 Å². The van der Waals surface area contributed by atoms with E-state index in [1.807, 2.05) is 43.3 Å². The quantitative estimate of drug-likeness (QED) is 0.622. The van der Waals surface area contributed by atoms with E-state index in [4.69, 9.17) is 0 Å². The molecule has 2 unspecified atom stereocenters. The molecule has 0 saturated heterocycles. The molecule has 0 bridgehead atoms. The molecule has 0 spiro atoms. The minimum Gasteiger partial charge on any atom is -0.377 e. The van der Waals surface area contributed by atoms with Gasteiger partial charge in [0.2, 0.25) is 0 Å². The molecule has 0 radical (unpaired) electrons. The Morgan fingerprint density at radius 3 is 2.67 bits per heavy atom. The van der Waals surface area contributed by atoms with Crippen LogP contribution < -0.4 is 10.2 Å². The maximum Gasteiger partial charge on any atom is 0.262 e. The summed E-state index contributed by atoms with van der Waals surface area (Å²) in [6.07, 6.45) is 6.14. The Morgan fingerprint density at radius 1 is 1.38 bits per heavy atom. The lowest BCUT2D eigenvalue weighted by atomic mass is 9.86. The van der Waals surface area contributed by atoms with E-state index < -0.39 is 0 Å². The summed E-state index contributed by atoms with van der Waals surface area (Å²) < 4.78 is 0.930. The van der Waals surface area contributed by atoms with Gasteiger partial charge < -0.3 is 10.2 Å². The second-order valence-corrected chi connectivity index (χ2v) is 7.47. The Hall–Kier alpha value is -1.80. The van der Waals surface area contributed by atoms with Gasteiger partial charge in [0.05, 0.1) is 5.69 Å². The van der Waals surface area contributed by atoms with Crippen molar-refractivity contribution in [2.24, 2.45) is 5.92 Å². The van der Waals surface area contributed by atoms with Crippen LogP contribution in [0.4, 0.5) is 5.69 Å². The molecular formula is C19H24BrN3O. The molecule has 2 atom stereocenters. The fourth-order valence-corrected chi connectivity index (χ4v) is 3.82. The molecule has 1 aromatic carbocycles. The van der Waals surface area contributed by atoms with Crippen molar-refractivity contribution in [1.29, 1.82) is 5.26 Å². The highest BCUT2D eigenvalue weighted by Crippen LogP contribution is 2.27. The smallest absolute Gasteiger partial charge is 0.262 e. The van der Waals surface area contributed by atoms with Crippen molar-refractivity contribution in [3.05, 3.63) is 33.8 Å². The number of hydrogen-bond acceptors (Lipinski definition) is 3. The largest absolute Gasteiger partial charge is 0.377 e. The van der Waals surface area contributed by atoms with Gasteiger partial charge in [-0.2, -0.15) is 5.26 Å². The van der Waals surface area contributed by atoms with Crippen LogP contribution in [-0.4, -0.2) is 26.0 Å². The first-order valence-corrected chi connectivity index (χ1v) is 9.11. The van der Waals surface area contributed by atoms with E-state index in [9.17, 15) is 10.1 Å². The predicted molar refractivity (Wildman–Crippen MR) is 102 cm³/mol. The van der Waals surface area contributed by atoms with E-state index in [-0.39, 0.29) is 17.5 Å². The normalized spacial score (nSPS) is 21.0. The van der Waals surface area contributed by atoms with E-state index >= 15 is 0 Å². The number of nitrogens with one attached hydrogen (secondary N) is 1. The zero-order chi connectivity index (χ0) is 17.7. The lowest BCUT2D eigenvalue weighted by Crippen LogP contribution is -2.41. The molecule has 5 heteroatoms. The first-order valence-electron chi connectivity index (χ1n) is 8.32. The number of carbonyl (C=O) groups is 1. The number of hydrogen-bond donors (Lipinski definition) is 1. The number of carbonyl (C=O) groups excluding carboxylic acids is 1. The second kappa shape index (κ2) is 8.34. The van der Waals surface area contributed by atoms with Gasteiger partial charge in [0, 0.05) is 24.6 Å². The van der Waals surface area contributed by atoms with Crippen LogP contribution in [0.2, 0.25) is 0 Å². The van der Waals surface area contributed by atoms with Crippen LogP contribution in [0.1, 0.15) is 38.2 Å². The molecule has 24 heavy (non-hydrogen) atoms. The minimum absolute atomic E-state index is 0.150. The molecule has 2 rings (SSSR count). The molecule has 4 nitrogen and oxygen atoms in total. The highest BCUT2D eigenvalue weighted by atomic mass is 79.9. The molecule has 128 valence electrons. The van der Waals surface area contributed by atoms with Crippen molar-refractivity contribution in [3.8, 4) is 6.07 Å². The molecule has 1 aliphatic carbocycles. The topological polar surface area (TPSA) is 56.1 Å². The number of benzene rings is 1. The summed E-state index contributed by atoms with van der Waals surface area (Å²) >= 11 is 3.53. The molecule has 1 N–H and O–H groups in total. The van der Waals surface area contributed by atoms with Crippen LogP contribution in [0.25, 0.3) is 6.08 Å². The van der Waals surface area contributed by atoms with Gasteiger partial charge in [0.25, 0.3) is 5.91 Å². The van der Waals surface area contributed by atoms with Gasteiger partial charge in [-0.25, -0.2) is 0 Å². The maximum absolute atomic E-state index is 12.4. The molecule has 1 saturated carbocycles. The summed E-state index contributed by atoms with van der Waals surface area (Å²) in [5, 5.41) is 12.4. The minimum atomic E-state index is -0.274. The van der Waals surface area contributed by atoms with Gasteiger partial charge in [-0.15, -0.1) is 0 Å². The number of rotatable bonds is 4. The van der Waals surface area contributed by atoms with Crippen LogP contribution in [0.15, 0.2) is 28.2 Å². The molecule has 1 aliphatic rings. The Kier molecular flexibility index (Phi) is 6.44. The van der Waals surface area contributed by atoms with Crippen molar-refractivity contribution in [2.75, 3.05) is 19.0 Å². The number of amides is 1. The third kappa shape index (κ3) is 4.61. The van der Waals surface area contributed by atoms with E-state index in [1.165, 1.54) is 6.42 Å². The maximum atomic E-state index is 12.4. The molecule has 0 aromatic heterocycles. The van der Waals surface area contributed by atoms with Crippen LogP contribution in [0, 0.1) is 17.2 Å². The zero-order valence-corrected chi connectivity index (χ0v) is 16.1. The third-order valence-electron chi connectivity index (χ3n) is 4.56. The van der Waals surface area contributed by atoms with Crippen LogP contribution in [0.3, 0.4) is 0 Å². The average Bonchev–Trinajstić information content (AvgIpc) is 2.54. The monoisotopic (exact) mass is 389 g/mol. The summed E-state index contributed by atoms with van der Waals surface area (Å²) in [5.41, 5.74) is 2.03. The van der Waals surface area contributed by atoms with Crippen LogP contribution >= 0.6 is 15.9 Å². The van der Waals surface area contributed by atoms with Gasteiger partial charge in [-0.1, -0.05) is 25.8 Å².